The monoisotopic (exact) mass is 351 g/mol. The Hall–Kier alpha value is -1.85. The van der Waals surface area contributed by atoms with Crippen LogP contribution in [-0.4, -0.2) is 42.3 Å². The third-order valence-electron chi connectivity index (χ3n) is 4.64. The quantitative estimate of drug-likeness (QED) is 0.258. The fourth-order valence-corrected chi connectivity index (χ4v) is 2.27. The summed E-state index contributed by atoms with van der Waals surface area (Å²) >= 11 is 0. The highest BCUT2D eigenvalue weighted by molar-refractivity contribution is 6.17. The van der Waals surface area contributed by atoms with E-state index in [0.29, 0.717) is 18.4 Å². The lowest BCUT2D eigenvalue weighted by atomic mass is 10.1. The topological polar surface area (TPSA) is 83.3 Å². The summed E-state index contributed by atoms with van der Waals surface area (Å²) in [6, 6.07) is 0. The average molecular weight is 351 g/mol. The molecule has 1 aliphatic rings. The number of carbonyl (C=O) groups is 1. The number of nitrogens with one attached hydrogen (secondary N) is 1. The lowest BCUT2D eigenvalue weighted by molar-refractivity contribution is -0.132. The van der Waals surface area contributed by atoms with Gasteiger partial charge in [0.25, 0.3) is 0 Å². The number of aliphatic imine (C=N–C) groups is 1. The van der Waals surface area contributed by atoms with Crippen LogP contribution < -0.4 is 5.32 Å². The summed E-state index contributed by atoms with van der Waals surface area (Å²) in [5.74, 6) is 0.158. The van der Waals surface area contributed by atoms with Crippen molar-refractivity contribution in [2.45, 2.75) is 60.0 Å². The molecule has 0 aromatic rings. The van der Waals surface area contributed by atoms with Gasteiger partial charge in [-0.1, -0.05) is 39.4 Å². The predicted octanol–water partition coefficient (Wildman–Crippen LogP) is 3.49. The second-order valence-electron chi connectivity index (χ2n) is 7.55. The number of amidine groups is 1. The first-order valence-electron chi connectivity index (χ1n) is 9.10. The van der Waals surface area contributed by atoms with Crippen molar-refractivity contribution in [3.63, 3.8) is 0 Å². The smallest absolute Gasteiger partial charge is 0.338 e. The summed E-state index contributed by atoms with van der Waals surface area (Å²) in [5, 5.41) is 16.2. The Morgan fingerprint density at radius 3 is 2.72 bits per heavy atom. The van der Waals surface area contributed by atoms with E-state index >= 15 is 0 Å². The van der Waals surface area contributed by atoms with Gasteiger partial charge in [-0.3, -0.25) is 4.99 Å². The van der Waals surface area contributed by atoms with E-state index in [4.69, 9.17) is 9.94 Å². The normalized spacial score (nSPS) is 24.4. The van der Waals surface area contributed by atoms with E-state index < -0.39 is 5.97 Å². The SMILES string of the molecule is C=C(C(=O)O)/C(=N\OC(C)CC)NCC1C[C@]1(C)/C=N\CCC(C)C. The van der Waals surface area contributed by atoms with Crippen molar-refractivity contribution >= 4 is 18.0 Å². The standard InChI is InChI=1S/C19H33N3O3/c1-7-14(4)25-22-17(15(5)18(23)24)21-11-16-10-19(16,6)12-20-9-8-13(2)3/h12-14,16H,5,7-11H2,1-4,6H3,(H,21,22)(H,23,24)/b20-12-/t14?,16?,19-/m1/s1. The molecule has 0 heterocycles. The highest BCUT2D eigenvalue weighted by Crippen LogP contribution is 2.50. The third-order valence-corrected chi connectivity index (χ3v) is 4.64. The van der Waals surface area contributed by atoms with E-state index in [1.54, 1.807) is 0 Å². The van der Waals surface area contributed by atoms with Crippen molar-refractivity contribution in [2.24, 2.45) is 27.4 Å². The molecule has 142 valence electrons. The van der Waals surface area contributed by atoms with E-state index in [9.17, 15) is 4.79 Å². The minimum atomic E-state index is -1.10. The van der Waals surface area contributed by atoms with Gasteiger partial charge in [-0.15, -0.1) is 0 Å². The van der Waals surface area contributed by atoms with Gasteiger partial charge < -0.3 is 15.3 Å². The van der Waals surface area contributed by atoms with Crippen molar-refractivity contribution in [1.29, 1.82) is 0 Å². The van der Waals surface area contributed by atoms with Crippen LogP contribution in [0.4, 0.5) is 0 Å². The molecule has 3 atom stereocenters. The van der Waals surface area contributed by atoms with Crippen molar-refractivity contribution in [3.8, 4) is 0 Å². The lowest BCUT2D eigenvalue weighted by Crippen LogP contribution is -2.31. The Labute approximate surface area is 151 Å². The highest BCUT2D eigenvalue weighted by atomic mass is 16.6. The molecule has 2 unspecified atom stereocenters. The average Bonchev–Trinajstić information content (AvgIpc) is 3.20. The summed E-state index contributed by atoms with van der Waals surface area (Å²) in [4.78, 5) is 21.0. The van der Waals surface area contributed by atoms with Crippen LogP contribution in [0.25, 0.3) is 0 Å². The lowest BCUT2D eigenvalue weighted by Gasteiger charge is -2.13. The number of rotatable bonds is 11. The van der Waals surface area contributed by atoms with Crippen molar-refractivity contribution in [1.82, 2.24) is 5.32 Å². The summed E-state index contributed by atoms with van der Waals surface area (Å²) in [6.07, 6.45) is 4.91. The number of carboxylic acid groups (broad SMARTS) is 1. The minimum Gasteiger partial charge on any atom is -0.478 e. The van der Waals surface area contributed by atoms with Crippen LogP contribution in [0.5, 0.6) is 0 Å². The molecular weight excluding hydrogens is 318 g/mol. The first-order valence-corrected chi connectivity index (χ1v) is 9.10. The molecule has 0 spiro atoms. The Balaban J connectivity index is 2.54. The number of hydrogen-bond acceptors (Lipinski definition) is 4. The first kappa shape index (κ1) is 21.2. The second-order valence-corrected chi connectivity index (χ2v) is 7.55. The van der Waals surface area contributed by atoms with Gasteiger partial charge in [-0.2, -0.15) is 0 Å². The van der Waals surface area contributed by atoms with Crippen molar-refractivity contribution < 1.29 is 14.7 Å². The molecule has 0 amide bonds. The van der Waals surface area contributed by atoms with Crippen LogP contribution in [0, 0.1) is 17.3 Å². The zero-order valence-corrected chi connectivity index (χ0v) is 16.2. The molecule has 1 fully saturated rings. The molecule has 0 aromatic heterocycles. The zero-order chi connectivity index (χ0) is 19.0. The van der Waals surface area contributed by atoms with Crippen molar-refractivity contribution in [3.05, 3.63) is 12.2 Å². The second kappa shape index (κ2) is 9.59. The summed E-state index contributed by atoms with van der Waals surface area (Å²) in [6.45, 7) is 15.5. The largest absolute Gasteiger partial charge is 0.478 e. The fourth-order valence-electron chi connectivity index (χ4n) is 2.27. The summed E-state index contributed by atoms with van der Waals surface area (Å²) < 4.78 is 0. The Kier molecular flexibility index (Phi) is 8.13. The van der Waals surface area contributed by atoms with Crippen LogP contribution in [0.3, 0.4) is 0 Å². The van der Waals surface area contributed by atoms with Crippen LogP contribution in [0.1, 0.15) is 53.9 Å². The molecule has 0 bridgehead atoms. The van der Waals surface area contributed by atoms with E-state index in [2.05, 4.69) is 49.0 Å². The number of carboxylic acids is 1. The van der Waals surface area contributed by atoms with Gasteiger partial charge >= 0.3 is 5.97 Å². The summed E-state index contributed by atoms with van der Waals surface area (Å²) in [5.41, 5.74) is -0.00623. The fraction of sp³-hybridized carbons (Fsp3) is 0.737. The Morgan fingerprint density at radius 2 is 2.16 bits per heavy atom. The molecule has 25 heavy (non-hydrogen) atoms. The Morgan fingerprint density at radius 1 is 1.48 bits per heavy atom. The van der Waals surface area contributed by atoms with E-state index in [-0.39, 0.29) is 22.9 Å². The van der Waals surface area contributed by atoms with E-state index in [1.165, 1.54) is 0 Å². The molecule has 1 saturated carbocycles. The van der Waals surface area contributed by atoms with Crippen LogP contribution in [-0.2, 0) is 9.63 Å². The molecule has 1 rings (SSSR count). The predicted molar refractivity (Wildman–Crippen MR) is 102 cm³/mol. The molecule has 0 saturated heterocycles. The van der Waals surface area contributed by atoms with Gasteiger partial charge in [0.05, 0.1) is 5.57 Å². The van der Waals surface area contributed by atoms with Gasteiger partial charge in [-0.05, 0) is 38.0 Å². The van der Waals surface area contributed by atoms with Gasteiger partial charge in [0.1, 0.15) is 6.10 Å². The molecule has 6 nitrogen and oxygen atoms in total. The maximum Gasteiger partial charge on any atom is 0.338 e. The van der Waals surface area contributed by atoms with Crippen LogP contribution in [0.15, 0.2) is 22.3 Å². The van der Waals surface area contributed by atoms with Gasteiger partial charge in [0, 0.05) is 24.7 Å². The maximum absolute atomic E-state index is 11.2. The molecule has 6 heteroatoms. The molecular formula is C19H33N3O3. The number of nitrogens with zero attached hydrogens (tertiary/aromatic N) is 2. The van der Waals surface area contributed by atoms with Crippen molar-refractivity contribution in [2.75, 3.05) is 13.1 Å². The van der Waals surface area contributed by atoms with Crippen LogP contribution in [0.2, 0.25) is 0 Å². The van der Waals surface area contributed by atoms with E-state index in [1.807, 2.05) is 13.8 Å². The molecule has 0 aromatic carbocycles. The maximum atomic E-state index is 11.2. The third kappa shape index (κ3) is 7.28. The molecule has 1 aliphatic carbocycles. The molecule has 0 radical (unpaired) electrons. The zero-order valence-electron chi connectivity index (χ0n) is 16.2. The number of aliphatic carboxylic acids is 1. The van der Waals surface area contributed by atoms with Gasteiger partial charge in [0.2, 0.25) is 0 Å². The minimum absolute atomic E-state index is 0.0716. The highest BCUT2D eigenvalue weighted by Gasteiger charge is 2.48. The number of oxime groups is 1. The molecule has 2 N–H and O–H groups in total. The van der Waals surface area contributed by atoms with Crippen LogP contribution >= 0.6 is 0 Å². The van der Waals surface area contributed by atoms with E-state index in [0.717, 1.165) is 25.8 Å². The first-order chi connectivity index (χ1) is 11.7. The van der Waals surface area contributed by atoms with Gasteiger partial charge in [-0.25, -0.2) is 4.79 Å². The van der Waals surface area contributed by atoms with Gasteiger partial charge in [0.15, 0.2) is 5.84 Å². The summed E-state index contributed by atoms with van der Waals surface area (Å²) in [7, 11) is 0. The molecule has 0 aliphatic heterocycles. The Bertz CT molecular complexity index is 528. The number of hydrogen-bond donors (Lipinski definition) is 2.